The van der Waals surface area contributed by atoms with Crippen molar-refractivity contribution in [1.82, 2.24) is 4.98 Å². The molecular weight excluding hydrogens is 210 g/mol. The van der Waals surface area contributed by atoms with Gasteiger partial charge in [0.05, 0.1) is 0 Å². The highest BCUT2D eigenvalue weighted by Gasteiger charge is 2.01. The Kier molecular flexibility index (Phi) is 3.40. The number of nitrogens with one attached hydrogen (secondary N) is 1. The minimum absolute atomic E-state index is 0.551. The molecule has 0 aliphatic carbocycles. The molecule has 1 aromatic heterocycles. The van der Waals surface area contributed by atoms with E-state index in [4.69, 9.17) is 5.73 Å². The monoisotopic (exact) mass is 227 g/mol. The Bertz CT molecular complexity index is 521. The first-order valence-corrected chi connectivity index (χ1v) is 5.69. The highest BCUT2D eigenvalue weighted by atomic mass is 15.0. The fourth-order valence-electron chi connectivity index (χ4n) is 1.67. The van der Waals surface area contributed by atoms with Crippen LogP contribution in [-0.2, 0) is 6.54 Å². The van der Waals surface area contributed by atoms with E-state index in [1.807, 2.05) is 44.2 Å². The lowest BCUT2D eigenvalue weighted by molar-refractivity contribution is 1.07. The summed E-state index contributed by atoms with van der Waals surface area (Å²) in [5.41, 5.74) is 9.90. The second-order valence-corrected chi connectivity index (χ2v) is 4.15. The third-order valence-electron chi connectivity index (χ3n) is 2.66. The van der Waals surface area contributed by atoms with Crippen LogP contribution in [0.5, 0.6) is 0 Å². The summed E-state index contributed by atoms with van der Waals surface area (Å²) in [5, 5.41) is 3.32. The highest BCUT2D eigenvalue weighted by Crippen LogP contribution is 2.19. The molecule has 0 spiro atoms. The van der Waals surface area contributed by atoms with Crippen LogP contribution in [0, 0.1) is 13.8 Å². The lowest BCUT2D eigenvalue weighted by Crippen LogP contribution is -2.00. The quantitative estimate of drug-likeness (QED) is 0.847. The van der Waals surface area contributed by atoms with Crippen molar-refractivity contribution in [3.05, 3.63) is 53.2 Å². The zero-order valence-electron chi connectivity index (χ0n) is 10.2. The van der Waals surface area contributed by atoms with E-state index in [0.717, 1.165) is 28.3 Å². The molecule has 0 bridgehead atoms. The predicted molar refractivity (Wildman–Crippen MR) is 71.3 cm³/mol. The molecule has 0 saturated carbocycles. The third kappa shape index (κ3) is 2.82. The van der Waals surface area contributed by atoms with Crippen molar-refractivity contribution in [3.63, 3.8) is 0 Å². The second-order valence-electron chi connectivity index (χ2n) is 4.15. The Balaban J connectivity index is 2.27. The summed E-state index contributed by atoms with van der Waals surface area (Å²) in [4.78, 5) is 4.48. The lowest BCUT2D eigenvalue weighted by Gasteiger charge is -2.10. The SMILES string of the molecule is Cc1ccc(C)c(Nc2cccc(CN)c2)n1. The van der Waals surface area contributed by atoms with Crippen LogP contribution < -0.4 is 11.1 Å². The number of hydrogen-bond acceptors (Lipinski definition) is 3. The zero-order valence-corrected chi connectivity index (χ0v) is 10.2. The van der Waals surface area contributed by atoms with Gasteiger partial charge in [0.2, 0.25) is 0 Å². The van der Waals surface area contributed by atoms with Crippen molar-refractivity contribution in [2.75, 3.05) is 5.32 Å². The number of anilines is 2. The summed E-state index contributed by atoms with van der Waals surface area (Å²) < 4.78 is 0. The summed E-state index contributed by atoms with van der Waals surface area (Å²) in [7, 11) is 0. The van der Waals surface area contributed by atoms with Crippen molar-refractivity contribution in [2.45, 2.75) is 20.4 Å². The van der Waals surface area contributed by atoms with Gasteiger partial charge in [-0.2, -0.15) is 0 Å². The topological polar surface area (TPSA) is 50.9 Å². The van der Waals surface area contributed by atoms with Gasteiger partial charge in [-0.15, -0.1) is 0 Å². The molecule has 1 heterocycles. The van der Waals surface area contributed by atoms with Crippen molar-refractivity contribution >= 4 is 11.5 Å². The Morgan fingerprint density at radius 3 is 2.76 bits per heavy atom. The van der Waals surface area contributed by atoms with Crippen LogP contribution in [0.4, 0.5) is 11.5 Å². The van der Waals surface area contributed by atoms with E-state index in [9.17, 15) is 0 Å². The summed E-state index contributed by atoms with van der Waals surface area (Å²) >= 11 is 0. The molecule has 1 aromatic carbocycles. The average molecular weight is 227 g/mol. The van der Waals surface area contributed by atoms with Gasteiger partial charge in [-0.3, -0.25) is 0 Å². The highest BCUT2D eigenvalue weighted by molar-refractivity contribution is 5.60. The molecular formula is C14H17N3. The molecule has 0 amide bonds. The van der Waals surface area contributed by atoms with Gasteiger partial charge in [-0.05, 0) is 43.2 Å². The Morgan fingerprint density at radius 1 is 1.18 bits per heavy atom. The van der Waals surface area contributed by atoms with Crippen LogP contribution in [-0.4, -0.2) is 4.98 Å². The summed E-state index contributed by atoms with van der Waals surface area (Å²) in [6, 6.07) is 12.2. The van der Waals surface area contributed by atoms with Gasteiger partial charge in [-0.25, -0.2) is 4.98 Å². The van der Waals surface area contributed by atoms with E-state index in [0.29, 0.717) is 6.54 Å². The van der Waals surface area contributed by atoms with Gasteiger partial charge in [0.1, 0.15) is 5.82 Å². The number of aryl methyl sites for hydroxylation is 2. The molecule has 88 valence electrons. The Hall–Kier alpha value is -1.87. The van der Waals surface area contributed by atoms with E-state index < -0.39 is 0 Å². The number of rotatable bonds is 3. The fraction of sp³-hybridized carbons (Fsp3) is 0.214. The van der Waals surface area contributed by atoms with Crippen molar-refractivity contribution in [1.29, 1.82) is 0 Å². The first kappa shape index (κ1) is 11.6. The standard InChI is InChI=1S/C14H17N3/c1-10-6-7-11(2)16-14(10)17-13-5-3-4-12(8-13)9-15/h3-8H,9,15H2,1-2H3,(H,16,17). The van der Waals surface area contributed by atoms with Crippen LogP contribution in [0.2, 0.25) is 0 Å². The Labute approximate surface area is 102 Å². The maximum Gasteiger partial charge on any atom is 0.133 e. The van der Waals surface area contributed by atoms with E-state index in [-0.39, 0.29) is 0 Å². The second kappa shape index (κ2) is 4.97. The van der Waals surface area contributed by atoms with Crippen LogP contribution in [0.1, 0.15) is 16.8 Å². The normalized spacial score (nSPS) is 10.3. The van der Waals surface area contributed by atoms with Gasteiger partial charge in [0.15, 0.2) is 0 Å². The van der Waals surface area contributed by atoms with Crippen LogP contribution >= 0.6 is 0 Å². The van der Waals surface area contributed by atoms with Gasteiger partial charge < -0.3 is 11.1 Å². The smallest absolute Gasteiger partial charge is 0.133 e. The predicted octanol–water partition coefficient (Wildman–Crippen LogP) is 2.90. The fourth-order valence-corrected chi connectivity index (χ4v) is 1.67. The maximum absolute atomic E-state index is 5.62. The molecule has 0 fully saturated rings. The van der Waals surface area contributed by atoms with E-state index in [1.54, 1.807) is 0 Å². The Morgan fingerprint density at radius 2 is 2.00 bits per heavy atom. The molecule has 3 nitrogen and oxygen atoms in total. The van der Waals surface area contributed by atoms with Crippen LogP contribution in [0.3, 0.4) is 0 Å². The summed E-state index contributed by atoms with van der Waals surface area (Å²) in [5.74, 6) is 0.902. The molecule has 2 aromatic rings. The lowest BCUT2D eigenvalue weighted by atomic mass is 10.2. The van der Waals surface area contributed by atoms with Crippen LogP contribution in [0.15, 0.2) is 36.4 Å². The number of nitrogens with two attached hydrogens (primary N) is 1. The molecule has 0 saturated heterocycles. The first-order valence-electron chi connectivity index (χ1n) is 5.69. The zero-order chi connectivity index (χ0) is 12.3. The number of nitrogens with zero attached hydrogens (tertiary/aromatic N) is 1. The van der Waals surface area contributed by atoms with E-state index in [1.165, 1.54) is 0 Å². The number of benzene rings is 1. The molecule has 0 aliphatic heterocycles. The van der Waals surface area contributed by atoms with Gasteiger partial charge in [0.25, 0.3) is 0 Å². The van der Waals surface area contributed by atoms with Gasteiger partial charge >= 0.3 is 0 Å². The molecule has 17 heavy (non-hydrogen) atoms. The molecule has 0 atom stereocenters. The minimum Gasteiger partial charge on any atom is -0.340 e. The largest absolute Gasteiger partial charge is 0.340 e. The molecule has 3 heteroatoms. The number of hydrogen-bond donors (Lipinski definition) is 2. The average Bonchev–Trinajstić information content (AvgIpc) is 2.34. The molecule has 0 aliphatic rings. The van der Waals surface area contributed by atoms with Gasteiger partial charge in [0, 0.05) is 17.9 Å². The number of aromatic nitrogens is 1. The molecule has 0 radical (unpaired) electrons. The molecule has 3 N–H and O–H groups in total. The number of pyridine rings is 1. The minimum atomic E-state index is 0.551. The van der Waals surface area contributed by atoms with Crippen LogP contribution in [0.25, 0.3) is 0 Å². The van der Waals surface area contributed by atoms with E-state index in [2.05, 4.69) is 16.4 Å². The van der Waals surface area contributed by atoms with E-state index >= 15 is 0 Å². The van der Waals surface area contributed by atoms with Crippen molar-refractivity contribution in [3.8, 4) is 0 Å². The van der Waals surface area contributed by atoms with Gasteiger partial charge in [-0.1, -0.05) is 18.2 Å². The van der Waals surface area contributed by atoms with Crippen molar-refractivity contribution in [2.24, 2.45) is 5.73 Å². The maximum atomic E-state index is 5.62. The third-order valence-corrected chi connectivity index (χ3v) is 2.66. The summed E-state index contributed by atoms with van der Waals surface area (Å²) in [6.07, 6.45) is 0. The molecule has 2 rings (SSSR count). The molecule has 0 unspecified atom stereocenters. The summed E-state index contributed by atoms with van der Waals surface area (Å²) in [6.45, 7) is 4.58. The first-order chi connectivity index (χ1) is 8.19. The van der Waals surface area contributed by atoms with Crippen molar-refractivity contribution < 1.29 is 0 Å².